The normalized spacial score (nSPS) is 21.2. The molecule has 0 N–H and O–H groups in total. The van der Waals surface area contributed by atoms with E-state index in [1.54, 1.807) is 0 Å². The Bertz CT molecular complexity index is 358. The molecule has 0 aromatic carbocycles. The van der Waals surface area contributed by atoms with Crippen LogP contribution in [0, 0.1) is 0 Å². The molecule has 7 nitrogen and oxygen atoms in total. The van der Waals surface area contributed by atoms with E-state index in [-0.39, 0.29) is 25.7 Å². The van der Waals surface area contributed by atoms with Crippen LogP contribution in [0.3, 0.4) is 0 Å². The van der Waals surface area contributed by atoms with Crippen LogP contribution in [0.15, 0.2) is 0 Å². The van der Waals surface area contributed by atoms with Gasteiger partial charge in [0.25, 0.3) is 0 Å². The van der Waals surface area contributed by atoms with Crippen molar-refractivity contribution in [2.24, 2.45) is 0 Å². The van der Waals surface area contributed by atoms with Gasteiger partial charge in [0.15, 0.2) is 0 Å². The Hall–Kier alpha value is -2.05. The van der Waals surface area contributed by atoms with Gasteiger partial charge in [0.1, 0.15) is 0 Å². The van der Waals surface area contributed by atoms with Gasteiger partial charge in [-0.2, -0.15) is 9.80 Å². The van der Waals surface area contributed by atoms with Crippen molar-refractivity contribution in [1.82, 2.24) is 9.80 Å². The van der Waals surface area contributed by atoms with Crippen molar-refractivity contribution < 1.29 is 24.0 Å². The molecule has 0 radical (unpaired) electrons. The lowest BCUT2D eigenvalue weighted by Gasteiger charge is -2.17. The van der Waals surface area contributed by atoms with E-state index in [1.807, 2.05) is 0 Å². The van der Waals surface area contributed by atoms with Crippen molar-refractivity contribution in [3.63, 3.8) is 0 Å². The molecule has 0 spiro atoms. The Labute approximate surface area is 90.0 Å². The highest BCUT2D eigenvalue weighted by molar-refractivity contribution is 6.23. The summed E-state index contributed by atoms with van der Waals surface area (Å²) in [6.45, 7) is 0. The quantitative estimate of drug-likeness (QED) is 0.512. The number of hydrogen-bond donors (Lipinski definition) is 0. The van der Waals surface area contributed by atoms with Gasteiger partial charge < -0.3 is 0 Å². The fourth-order valence-electron chi connectivity index (χ4n) is 1.68. The number of likely N-dealkylation sites (tertiary alicyclic amines) is 2. The molecule has 84 valence electrons. The monoisotopic (exact) mass is 224 g/mol. The van der Waals surface area contributed by atoms with Crippen molar-refractivity contribution >= 4 is 29.7 Å². The van der Waals surface area contributed by atoms with E-state index in [9.17, 15) is 24.0 Å². The molecule has 6 amide bonds. The Morgan fingerprint density at radius 2 is 0.938 bits per heavy atom. The number of urea groups is 1. The standard InChI is InChI=1S/C9H8N2O5/c12-5-1-2-6(13)10(5)9(16)11-7(14)3-4-8(11)15/h1-4H2. The van der Waals surface area contributed by atoms with Gasteiger partial charge >= 0.3 is 6.03 Å². The molecular formula is C9H8N2O5. The van der Waals surface area contributed by atoms with E-state index in [1.165, 1.54) is 0 Å². The molecular weight excluding hydrogens is 216 g/mol. The largest absolute Gasteiger partial charge is 0.347 e. The molecule has 2 rings (SSSR count). The fourth-order valence-corrected chi connectivity index (χ4v) is 1.68. The van der Waals surface area contributed by atoms with Crippen LogP contribution in [0.25, 0.3) is 0 Å². The van der Waals surface area contributed by atoms with Crippen LogP contribution < -0.4 is 0 Å². The molecule has 7 heteroatoms. The zero-order valence-corrected chi connectivity index (χ0v) is 8.26. The Balaban J connectivity index is 2.25. The summed E-state index contributed by atoms with van der Waals surface area (Å²) < 4.78 is 0. The van der Waals surface area contributed by atoms with Crippen LogP contribution in [-0.4, -0.2) is 39.5 Å². The van der Waals surface area contributed by atoms with Crippen LogP contribution in [-0.2, 0) is 19.2 Å². The Morgan fingerprint density at radius 3 is 1.19 bits per heavy atom. The minimum atomic E-state index is -1.13. The van der Waals surface area contributed by atoms with Crippen molar-refractivity contribution in [2.45, 2.75) is 25.7 Å². The highest BCUT2D eigenvalue weighted by Gasteiger charge is 2.43. The molecule has 2 aliphatic rings. The first-order valence-corrected chi connectivity index (χ1v) is 4.78. The van der Waals surface area contributed by atoms with Gasteiger partial charge in [-0.1, -0.05) is 0 Å². The average molecular weight is 224 g/mol. The summed E-state index contributed by atoms with van der Waals surface area (Å²) in [6.07, 6.45) is -0.219. The number of nitrogens with zero attached hydrogens (tertiary/aromatic N) is 2. The van der Waals surface area contributed by atoms with Crippen LogP contribution >= 0.6 is 0 Å². The number of amides is 6. The second kappa shape index (κ2) is 3.51. The molecule has 0 unspecified atom stereocenters. The Kier molecular flexibility index (Phi) is 2.30. The first kappa shape index (κ1) is 10.5. The number of rotatable bonds is 0. The fraction of sp³-hybridized carbons (Fsp3) is 0.444. The lowest BCUT2D eigenvalue weighted by atomic mass is 10.4. The van der Waals surface area contributed by atoms with Crippen molar-refractivity contribution in [3.8, 4) is 0 Å². The summed E-state index contributed by atoms with van der Waals surface area (Å²) in [5.74, 6) is -2.66. The second-order valence-electron chi connectivity index (χ2n) is 3.53. The molecule has 0 aromatic heterocycles. The SMILES string of the molecule is O=C1CCC(=O)N1C(=O)N1C(=O)CCC1=O. The Morgan fingerprint density at radius 1 is 0.688 bits per heavy atom. The third-order valence-electron chi connectivity index (χ3n) is 2.49. The molecule has 2 saturated heterocycles. The van der Waals surface area contributed by atoms with E-state index in [0.717, 1.165) is 0 Å². The van der Waals surface area contributed by atoms with E-state index >= 15 is 0 Å². The minimum absolute atomic E-state index is 0.0548. The van der Waals surface area contributed by atoms with Gasteiger partial charge in [-0.25, -0.2) is 4.79 Å². The molecule has 2 heterocycles. The highest BCUT2D eigenvalue weighted by Crippen LogP contribution is 2.19. The summed E-state index contributed by atoms with van der Waals surface area (Å²) in [7, 11) is 0. The molecule has 0 atom stereocenters. The maximum atomic E-state index is 11.7. The van der Waals surface area contributed by atoms with Gasteiger partial charge in [0.2, 0.25) is 23.6 Å². The molecule has 0 aromatic rings. The zero-order chi connectivity index (χ0) is 11.9. The first-order valence-electron chi connectivity index (χ1n) is 4.78. The van der Waals surface area contributed by atoms with Crippen LogP contribution in [0.2, 0.25) is 0 Å². The summed E-state index contributed by atoms with van der Waals surface area (Å²) in [4.78, 5) is 57.3. The number of carbonyl (C=O) groups excluding carboxylic acids is 5. The molecule has 16 heavy (non-hydrogen) atoms. The van der Waals surface area contributed by atoms with Crippen LogP contribution in [0.4, 0.5) is 4.79 Å². The lowest BCUT2D eigenvalue weighted by Crippen LogP contribution is -2.47. The average Bonchev–Trinajstić information content (AvgIpc) is 2.71. The maximum absolute atomic E-state index is 11.7. The maximum Gasteiger partial charge on any atom is 0.347 e. The molecule has 0 bridgehead atoms. The summed E-state index contributed by atoms with van der Waals surface area (Å²) in [5, 5.41) is 0. The van der Waals surface area contributed by atoms with E-state index in [0.29, 0.717) is 9.80 Å². The smallest absolute Gasteiger partial charge is 0.274 e. The van der Waals surface area contributed by atoms with Gasteiger partial charge in [-0.3, -0.25) is 19.2 Å². The number of hydrogen-bond acceptors (Lipinski definition) is 5. The number of carbonyl (C=O) groups is 5. The van der Waals surface area contributed by atoms with Gasteiger partial charge in [0, 0.05) is 25.7 Å². The lowest BCUT2D eigenvalue weighted by molar-refractivity contribution is -0.138. The van der Waals surface area contributed by atoms with E-state index < -0.39 is 29.7 Å². The predicted molar refractivity (Wildman–Crippen MR) is 47.6 cm³/mol. The third kappa shape index (κ3) is 1.40. The zero-order valence-electron chi connectivity index (χ0n) is 8.26. The minimum Gasteiger partial charge on any atom is -0.274 e. The topological polar surface area (TPSA) is 91.8 Å². The summed E-state index contributed by atoms with van der Waals surface area (Å²) >= 11 is 0. The summed E-state index contributed by atoms with van der Waals surface area (Å²) in [5.41, 5.74) is 0. The third-order valence-corrected chi connectivity index (χ3v) is 2.49. The van der Waals surface area contributed by atoms with E-state index in [4.69, 9.17) is 0 Å². The van der Waals surface area contributed by atoms with Crippen molar-refractivity contribution in [1.29, 1.82) is 0 Å². The van der Waals surface area contributed by atoms with Crippen molar-refractivity contribution in [2.75, 3.05) is 0 Å². The first-order chi connectivity index (χ1) is 7.52. The van der Waals surface area contributed by atoms with Gasteiger partial charge in [-0.15, -0.1) is 0 Å². The van der Waals surface area contributed by atoms with Crippen LogP contribution in [0.1, 0.15) is 25.7 Å². The van der Waals surface area contributed by atoms with Crippen molar-refractivity contribution in [3.05, 3.63) is 0 Å². The predicted octanol–water partition coefficient (Wildman–Crippen LogP) is -0.596. The molecule has 0 saturated carbocycles. The second-order valence-corrected chi connectivity index (χ2v) is 3.53. The number of imide groups is 6. The van der Waals surface area contributed by atoms with E-state index in [2.05, 4.69) is 0 Å². The van der Waals surface area contributed by atoms with Gasteiger partial charge in [-0.05, 0) is 0 Å². The molecule has 0 aliphatic carbocycles. The van der Waals surface area contributed by atoms with Gasteiger partial charge in [0.05, 0.1) is 0 Å². The van der Waals surface area contributed by atoms with Crippen LogP contribution in [0.5, 0.6) is 0 Å². The summed E-state index contributed by atoms with van der Waals surface area (Å²) in [6, 6.07) is -1.13. The highest BCUT2D eigenvalue weighted by atomic mass is 16.2. The molecule has 2 aliphatic heterocycles. The molecule has 2 fully saturated rings.